The van der Waals surface area contributed by atoms with Crippen LogP contribution < -0.4 is 5.32 Å². The van der Waals surface area contributed by atoms with E-state index in [1.54, 1.807) is 16.7 Å². The zero-order chi connectivity index (χ0) is 12.8. The topological polar surface area (TPSA) is 32.3 Å². The molecule has 0 aromatic rings. The van der Waals surface area contributed by atoms with Crippen molar-refractivity contribution in [2.75, 3.05) is 12.8 Å². The van der Waals surface area contributed by atoms with Gasteiger partial charge in [-0.3, -0.25) is 9.69 Å². The standard InChI is InChI=1S/C12H20N2OS2/c1-9(2)8-10-11(15)14(12(16)13-10)6-4-5-7-17-3/h5,7,9-10H,4,6,8H2,1-3H3,(H,13,16)/b7-5+. The first-order valence-corrected chi connectivity index (χ1v) is 7.55. The van der Waals surface area contributed by atoms with Crippen molar-refractivity contribution in [3.05, 3.63) is 11.5 Å². The van der Waals surface area contributed by atoms with E-state index in [-0.39, 0.29) is 11.9 Å². The third-order valence-electron chi connectivity index (χ3n) is 2.57. The first-order chi connectivity index (χ1) is 8.06. The maximum absolute atomic E-state index is 12.1. The highest BCUT2D eigenvalue weighted by Gasteiger charge is 2.34. The van der Waals surface area contributed by atoms with Gasteiger partial charge in [-0.25, -0.2) is 0 Å². The quantitative estimate of drug-likeness (QED) is 0.753. The molecule has 0 aliphatic carbocycles. The monoisotopic (exact) mass is 272 g/mol. The SMILES string of the molecule is CS/C=C/CCN1C(=O)C(CC(C)C)NC1=S. The Morgan fingerprint density at radius 2 is 2.29 bits per heavy atom. The molecule has 0 saturated carbocycles. The molecule has 5 heteroatoms. The van der Waals surface area contributed by atoms with Crippen molar-refractivity contribution in [3.8, 4) is 0 Å². The van der Waals surface area contributed by atoms with Crippen LogP contribution in [0.5, 0.6) is 0 Å². The molecule has 17 heavy (non-hydrogen) atoms. The van der Waals surface area contributed by atoms with Gasteiger partial charge >= 0.3 is 0 Å². The van der Waals surface area contributed by atoms with Crippen molar-refractivity contribution in [1.82, 2.24) is 10.2 Å². The Bertz CT molecular complexity index is 316. The van der Waals surface area contributed by atoms with E-state index in [1.165, 1.54) is 0 Å². The summed E-state index contributed by atoms with van der Waals surface area (Å²) < 4.78 is 0. The van der Waals surface area contributed by atoms with Crippen LogP contribution in [0.15, 0.2) is 11.5 Å². The molecule has 1 unspecified atom stereocenters. The van der Waals surface area contributed by atoms with Crippen LogP contribution in [-0.2, 0) is 4.79 Å². The number of rotatable bonds is 6. The summed E-state index contributed by atoms with van der Waals surface area (Å²) in [7, 11) is 0. The lowest BCUT2D eigenvalue weighted by Crippen LogP contribution is -2.32. The first-order valence-electron chi connectivity index (χ1n) is 5.86. The van der Waals surface area contributed by atoms with Crippen LogP contribution in [0.4, 0.5) is 0 Å². The summed E-state index contributed by atoms with van der Waals surface area (Å²) in [5.41, 5.74) is 0. The maximum atomic E-state index is 12.1. The fraction of sp³-hybridized carbons (Fsp3) is 0.667. The van der Waals surface area contributed by atoms with Crippen molar-refractivity contribution in [3.63, 3.8) is 0 Å². The molecule has 0 aromatic carbocycles. The molecule has 1 fully saturated rings. The lowest BCUT2D eigenvalue weighted by Gasteiger charge is -2.13. The van der Waals surface area contributed by atoms with Crippen molar-refractivity contribution < 1.29 is 4.79 Å². The minimum Gasteiger partial charge on any atom is -0.350 e. The molecule has 1 saturated heterocycles. The van der Waals surface area contributed by atoms with Gasteiger partial charge in [0.05, 0.1) is 0 Å². The number of nitrogens with one attached hydrogen (secondary N) is 1. The summed E-state index contributed by atoms with van der Waals surface area (Å²) in [6.45, 7) is 4.90. The molecule has 1 aliphatic rings. The predicted octanol–water partition coefficient (Wildman–Crippen LogP) is 2.38. The Kier molecular flexibility index (Phi) is 5.98. The van der Waals surface area contributed by atoms with Crippen LogP contribution in [0, 0.1) is 5.92 Å². The van der Waals surface area contributed by atoms with E-state index in [1.807, 2.05) is 11.7 Å². The van der Waals surface area contributed by atoms with Gasteiger partial charge in [-0.05, 0) is 42.6 Å². The molecule has 1 aliphatic heterocycles. The summed E-state index contributed by atoms with van der Waals surface area (Å²) in [5.74, 6) is 0.622. The summed E-state index contributed by atoms with van der Waals surface area (Å²) in [6.07, 6.45) is 5.78. The van der Waals surface area contributed by atoms with Gasteiger partial charge in [0.1, 0.15) is 6.04 Å². The molecule has 96 valence electrons. The van der Waals surface area contributed by atoms with E-state index in [0.29, 0.717) is 17.6 Å². The van der Waals surface area contributed by atoms with Crippen LogP contribution in [0.2, 0.25) is 0 Å². The highest BCUT2D eigenvalue weighted by Crippen LogP contribution is 2.14. The molecule has 1 atom stereocenters. The van der Waals surface area contributed by atoms with Gasteiger partial charge in [-0.2, -0.15) is 0 Å². The van der Waals surface area contributed by atoms with Crippen molar-refractivity contribution in [2.45, 2.75) is 32.7 Å². The lowest BCUT2D eigenvalue weighted by molar-refractivity contribution is -0.127. The highest BCUT2D eigenvalue weighted by atomic mass is 32.2. The summed E-state index contributed by atoms with van der Waals surface area (Å²) in [6, 6.07) is -0.118. The number of carbonyl (C=O) groups is 1. The Balaban J connectivity index is 2.48. The second-order valence-corrected chi connectivity index (χ2v) is 5.65. The number of thiocarbonyl (C=S) groups is 1. The number of amides is 1. The van der Waals surface area contributed by atoms with Gasteiger partial charge in [0, 0.05) is 6.54 Å². The molecule has 0 radical (unpaired) electrons. The third-order valence-corrected chi connectivity index (χ3v) is 3.37. The zero-order valence-electron chi connectivity index (χ0n) is 10.6. The number of nitrogens with zero attached hydrogens (tertiary/aromatic N) is 1. The van der Waals surface area contributed by atoms with Gasteiger partial charge in [0.25, 0.3) is 5.91 Å². The number of hydrogen-bond donors (Lipinski definition) is 1. The largest absolute Gasteiger partial charge is 0.350 e. The van der Waals surface area contributed by atoms with Crippen molar-refractivity contribution in [2.24, 2.45) is 5.92 Å². The second-order valence-electron chi connectivity index (χ2n) is 4.52. The fourth-order valence-corrected chi connectivity index (χ4v) is 2.44. The Hall–Kier alpha value is -0.550. The van der Waals surface area contributed by atoms with E-state index >= 15 is 0 Å². The molecule has 1 N–H and O–H groups in total. The first kappa shape index (κ1) is 14.5. The third kappa shape index (κ3) is 4.32. The van der Waals surface area contributed by atoms with E-state index in [2.05, 4.69) is 25.2 Å². The van der Waals surface area contributed by atoms with Crippen LogP contribution in [0.1, 0.15) is 26.7 Å². The average Bonchev–Trinajstić information content (AvgIpc) is 2.50. The van der Waals surface area contributed by atoms with Gasteiger partial charge in [-0.1, -0.05) is 19.9 Å². The lowest BCUT2D eigenvalue weighted by atomic mass is 10.0. The summed E-state index contributed by atoms with van der Waals surface area (Å²) in [4.78, 5) is 13.7. The highest BCUT2D eigenvalue weighted by molar-refractivity contribution is 8.01. The van der Waals surface area contributed by atoms with Gasteiger partial charge < -0.3 is 5.32 Å². The Morgan fingerprint density at radius 3 is 2.88 bits per heavy atom. The van der Waals surface area contributed by atoms with Gasteiger partial charge in [-0.15, -0.1) is 11.8 Å². The zero-order valence-corrected chi connectivity index (χ0v) is 12.2. The Morgan fingerprint density at radius 1 is 1.59 bits per heavy atom. The van der Waals surface area contributed by atoms with Crippen molar-refractivity contribution >= 4 is 35.0 Å². The summed E-state index contributed by atoms with van der Waals surface area (Å²) >= 11 is 6.85. The minimum absolute atomic E-state index is 0.118. The van der Waals surface area contributed by atoms with E-state index in [4.69, 9.17) is 12.2 Å². The van der Waals surface area contributed by atoms with Crippen LogP contribution >= 0.6 is 24.0 Å². The van der Waals surface area contributed by atoms with E-state index in [9.17, 15) is 4.79 Å². The molecule has 1 heterocycles. The van der Waals surface area contributed by atoms with Gasteiger partial charge in [0.2, 0.25) is 0 Å². The van der Waals surface area contributed by atoms with Crippen molar-refractivity contribution in [1.29, 1.82) is 0 Å². The normalized spacial score (nSPS) is 20.7. The van der Waals surface area contributed by atoms with Crippen LogP contribution in [-0.4, -0.2) is 34.8 Å². The predicted molar refractivity (Wildman–Crippen MR) is 78.0 cm³/mol. The average molecular weight is 272 g/mol. The fourth-order valence-electron chi connectivity index (χ4n) is 1.79. The molecule has 0 aromatic heterocycles. The van der Waals surface area contributed by atoms with Crippen LogP contribution in [0.3, 0.4) is 0 Å². The second kappa shape index (κ2) is 7.01. The maximum Gasteiger partial charge on any atom is 0.251 e. The Labute approximate surface area is 113 Å². The minimum atomic E-state index is -0.118. The van der Waals surface area contributed by atoms with Gasteiger partial charge in [0.15, 0.2) is 5.11 Å². The smallest absolute Gasteiger partial charge is 0.251 e. The molecule has 1 rings (SSSR count). The summed E-state index contributed by atoms with van der Waals surface area (Å²) in [5, 5.41) is 5.72. The molecule has 0 spiro atoms. The molecule has 1 amide bonds. The molecule has 3 nitrogen and oxygen atoms in total. The number of carbonyl (C=O) groups excluding carboxylic acids is 1. The van der Waals surface area contributed by atoms with Crippen LogP contribution in [0.25, 0.3) is 0 Å². The molecular weight excluding hydrogens is 252 g/mol. The number of thioether (sulfide) groups is 1. The molecular formula is C12H20N2OS2. The van der Waals surface area contributed by atoms with E-state index in [0.717, 1.165) is 12.8 Å². The van der Waals surface area contributed by atoms with E-state index < -0.39 is 0 Å². The molecule has 0 bridgehead atoms. The number of hydrogen-bond acceptors (Lipinski definition) is 3.